The van der Waals surface area contributed by atoms with Gasteiger partial charge in [-0.15, -0.1) is 0 Å². The van der Waals surface area contributed by atoms with Crippen LogP contribution < -0.4 is 16.0 Å². The number of rotatable bonds is 4. The third kappa shape index (κ3) is 5.94. The Labute approximate surface area is 158 Å². The van der Waals surface area contributed by atoms with Gasteiger partial charge in [-0.2, -0.15) is 0 Å². The summed E-state index contributed by atoms with van der Waals surface area (Å²) in [7, 11) is 0. The van der Waals surface area contributed by atoms with Crippen LogP contribution in [0.2, 0.25) is 15.1 Å². The van der Waals surface area contributed by atoms with Crippen LogP contribution in [0.4, 0.5) is 11.4 Å². The van der Waals surface area contributed by atoms with Gasteiger partial charge >= 0.3 is 11.8 Å². The Morgan fingerprint density at radius 2 is 1.48 bits per heavy atom. The summed E-state index contributed by atoms with van der Waals surface area (Å²) in [5.41, 5.74) is 0.666. The van der Waals surface area contributed by atoms with Crippen molar-refractivity contribution < 1.29 is 14.4 Å². The van der Waals surface area contributed by atoms with Gasteiger partial charge in [-0.05, 0) is 30.3 Å². The number of carbonyl (C=O) groups excluding carboxylic acids is 3. The number of anilines is 2. The Morgan fingerprint density at radius 3 is 2.12 bits per heavy atom. The van der Waals surface area contributed by atoms with E-state index in [1.54, 1.807) is 24.3 Å². The SMILES string of the molecule is O=C(CNC(=O)C(=O)Nc1cc(Cl)cc(Cl)c1)Nc1ccccc1Cl. The van der Waals surface area contributed by atoms with E-state index in [9.17, 15) is 14.4 Å². The van der Waals surface area contributed by atoms with Gasteiger partial charge in [-0.25, -0.2) is 0 Å². The largest absolute Gasteiger partial charge is 0.339 e. The second-order valence-electron chi connectivity index (χ2n) is 4.82. The van der Waals surface area contributed by atoms with Crippen molar-refractivity contribution in [3.8, 4) is 0 Å². The summed E-state index contributed by atoms with van der Waals surface area (Å²) in [6, 6.07) is 11.0. The van der Waals surface area contributed by atoms with E-state index in [0.29, 0.717) is 20.8 Å². The Balaban J connectivity index is 1.85. The predicted octanol–water partition coefficient (Wildman–Crippen LogP) is 3.34. The molecule has 0 fully saturated rings. The Morgan fingerprint density at radius 1 is 0.840 bits per heavy atom. The highest BCUT2D eigenvalue weighted by atomic mass is 35.5. The van der Waals surface area contributed by atoms with E-state index < -0.39 is 24.3 Å². The summed E-state index contributed by atoms with van der Waals surface area (Å²) in [6.45, 7) is -0.395. The minimum atomic E-state index is -0.981. The topological polar surface area (TPSA) is 87.3 Å². The highest BCUT2D eigenvalue weighted by Crippen LogP contribution is 2.22. The number of carbonyl (C=O) groups is 3. The highest BCUT2D eigenvalue weighted by Gasteiger charge is 2.15. The van der Waals surface area contributed by atoms with Gasteiger partial charge in [-0.3, -0.25) is 14.4 Å². The number of halogens is 3. The molecule has 2 rings (SSSR count). The molecular weight excluding hydrogens is 389 g/mol. The van der Waals surface area contributed by atoms with Gasteiger partial charge in [0.2, 0.25) is 5.91 Å². The molecule has 9 heteroatoms. The average Bonchev–Trinajstić information content (AvgIpc) is 2.53. The molecule has 0 bridgehead atoms. The third-order valence-electron chi connectivity index (χ3n) is 2.88. The zero-order chi connectivity index (χ0) is 18.4. The number of para-hydroxylation sites is 1. The lowest BCUT2D eigenvalue weighted by Crippen LogP contribution is -2.39. The van der Waals surface area contributed by atoms with E-state index in [1.165, 1.54) is 18.2 Å². The van der Waals surface area contributed by atoms with Crippen LogP contribution in [-0.4, -0.2) is 24.3 Å². The molecule has 6 nitrogen and oxygen atoms in total. The maximum Gasteiger partial charge on any atom is 0.313 e. The fourth-order valence-corrected chi connectivity index (χ4v) is 2.52. The molecule has 0 unspecified atom stereocenters. The summed E-state index contributed by atoms with van der Waals surface area (Å²) in [4.78, 5) is 35.3. The summed E-state index contributed by atoms with van der Waals surface area (Å²) in [5, 5.41) is 8.02. The van der Waals surface area contributed by atoms with Gasteiger partial charge in [0.25, 0.3) is 0 Å². The summed E-state index contributed by atoms with van der Waals surface area (Å²) in [5.74, 6) is -2.46. The predicted molar refractivity (Wildman–Crippen MR) is 98.2 cm³/mol. The molecular formula is C16H12Cl3N3O3. The maximum atomic E-state index is 11.8. The first-order chi connectivity index (χ1) is 11.8. The lowest BCUT2D eigenvalue weighted by atomic mass is 10.3. The molecule has 3 N–H and O–H groups in total. The molecule has 0 atom stereocenters. The van der Waals surface area contributed by atoms with Gasteiger partial charge in [0, 0.05) is 15.7 Å². The van der Waals surface area contributed by atoms with Crippen LogP contribution in [0, 0.1) is 0 Å². The lowest BCUT2D eigenvalue weighted by molar-refractivity contribution is -0.136. The fourth-order valence-electron chi connectivity index (χ4n) is 1.81. The number of hydrogen-bond donors (Lipinski definition) is 3. The lowest BCUT2D eigenvalue weighted by Gasteiger charge is -2.09. The second-order valence-corrected chi connectivity index (χ2v) is 6.10. The molecule has 0 spiro atoms. The van der Waals surface area contributed by atoms with Crippen LogP contribution in [-0.2, 0) is 14.4 Å². The second kappa shape index (κ2) is 8.71. The Kier molecular flexibility index (Phi) is 6.64. The zero-order valence-corrected chi connectivity index (χ0v) is 14.9. The van der Waals surface area contributed by atoms with Crippen LogP contribution in [0.15, 0.2) is 42.5 Å². The summed E-state index contributed by atoms with van der Waals surface area (Å²) >= 11 is 17.5. The third-order valence-corrected chi connectivity index (χ3v) is 3.65. The van der Waals surface area contributed by atoms with Gasteiger partial charge in [0.15, 0.2) is 0 Å². The summed E-state index contributed by atoms with van der Waals surface area (Å²) in [6.07, 6.45) is 0. The van der Waals surface area contributed by atoms with Crippen molar-refractivity contribution in [1.82, 2.24) is 5.32 Å². The number of hydrogen-bond acceptors (Lipinski definition) is 3. The van der Waals surface area contributed by atoms with Gasteiger partial charge in [0.1, 0.15) is 0 Å². The van der Waals surface area contributed by atoms with Gasteiger partial charge in [-0.1, -0.05) is 46.9 Å². The van der Waals surface area contributed by atoms with Crippen molar-refractivity contribution in [2.75, 3.05) is 17.2 Å². The molecule has 0 saturated heterocycles. The molecule has 0 radical (unpaired) electrons. The molecule has 0 saturated carbocycles. The summed E-state index contributed by atoms with van der Waals surface area (Å²) < 4.78 is 0. The molecule has 0 aromatic heterocycles. The van der Waals surface area contributed by atoms with Crippen molar-refractivity contribution >= 4 is 63.9 Å². The molecule has 3 amide bonds. The molecule has 0 aliphatic carbocycles. The van der Waals surface area contributed by atoms with E-state index in [1.807, 2.05) is 0 Å². The molecule has 2 aromatic carbocycles. The van der Waals surface area contributed by atoms with E-state index in [2.05, 4.69) is 16.0 Å². The van der Waals surface area contributed by atoms with Crippen LogP contribution in [0.1, 0.15) is 0 Å². The number of nitrogens with one attached hydrogen (secondary N) is 3. The van der Waals surface area contributed by atoms with E-state index in [4.69, 9.17) is 34.8 Å². The van der Waals surface area contributed by atoms with Crippen molar-refractivity contribution in [2.24, 2.45) is 0 Å². The standard InChI is InChI=1S/C16H12Cl3N3O3/c17-9-5-10(18)7-11(6-9)21-16(25)15(24)20-8-14(23)22-13-4-2-1-3-12(13)19/h1-7H,8H2,(H,20,24)(H,21,25)(H,22,23). The Hall–Kier alpha value is -2.28. The van der Waals surface area contributed by atoms with Gasteiger partial charge < -0.3 is 16.0 Å². The monoisotopic (exact) mass is 399 g/mol. The van der Waals surface area contributed by atoms with Crippen molar-refractivity contribution in [3.05, 3.63) is 57.5 Å². The molecule has 0 aliphatic heterocycles. The number of benzene rings is 2. The van der Waals surface area contributed by atoms with Crippen LogP contribution in [0.3, 0.4) is 0 Å². The first-order valence-electron chi connectivity index (χ1n) is 6.95. The van der Waals surface area contributed by atoms with Crippen LogP contribution in [0.25, 0.3) is 0 Å². The first-order valence-corrected chi connectivity index (χ1v) is 8.08. The molecule has 2 aromatic rings. The smallest absolute Gasteiger partial charge is 0.313 e. The van der Waals surface area contributed by atoms with Crippen LogP contribution in [0.5, 0.6) is 0 Å². The van der Waals surface area contributed by atoms with E-state index >= 15 is 0 Å². The molecule has 0 aliphatic rings. The zero-order valence-electron chi connectivity index (χ0n) is 12.6. The van der Waals surface area contributed by atoms with E-state index in [0.717, 1.165) is 0 Å². The maximum absolute atomic E-state index is 11.8. The first kappa shape index (κ1) is 19.1. The minimum absolute atomic E-state index is 0.262. The molecule has 130 valence electrons. The fraction of sp³-hybridized carbons (Fsp3) is 0.0625. The quantitative estimate of drug-likeness (QED) is 0.688. The van der Waals surface area contributed by atoms with Crippen LogP contribution >= 0.6 is 34.8 Å². The average molecular weight is 401 g/mol. The van der Waals surface area contributed by atoms with Crippen molar-refractivity contribution in [1.29, 1.82) is 0 Å². The van der Waals surface area contributed by atoms with Crippen molar-refractivity contribution in [2.45, 2.75) is 0 Å². The molecule has 25 heavy (non-hydrogen) atoms. The van der Waals surface area contributed by atoms with Crippen molar-refractivity contribution in [3.63, 3.8) is 0 Å². The highest BCUT2D eigenvalue weighted by molar-refractivity contribution is 6.40. The molecule has 0 heterocycles. The Bertz CT molecular complexity index is 807. The van der Waals surface area contributed by atoms with Gasteiger partial charge in [0.05, 0.1) is 17.3 Å². The number of amides is 3. The normalized spacial score (nSPS) is 10.0. The van der Waals surface area contributed by atoms with E-state index in [-0.39, 0.29) is 5.69 Å². The minimum Gasteiger partial charge on any atom is -0.339 e.